The predicted octanol–water partition coefficient (Wildman–Crippen LogP) is 0.371. The van der Waals surface area contributed by atoms with Gasteiger partial charge in [0.05, 0.1) is 19.3 Å². The van der Waals surface area contributed by atoms with Gasteiger partial charge in [0.2, 0.25) is 0 Å². The van der Waals surface area contributed by atoms with Gasteiger partial charge in [-0.25, -0.2) is 0 Å². The van der Waals surface area contributed by atoms with Gasteiger partial charge in [0, 0.05) is 6.21 Å². The molecule has 0 unspecified atom stereocenters. The molecule has 1 aliphatic rings. The largest absolute Gasteiger partial charge is 0.377 e. The lowest BCUT2D eigenvalue weighted by Crippen LogP contribution is -2.43. The van der Waals surface area contributed by atoms with Crippen molar-refractivity contribution in [3.05, 3.63) is 0 Å². The average Bonchev–Trinajstić information content (AvgIpc) is 1.76. The predicted molar refractivity (Wildman–Crippen MR) is 36.5 cm³/mol. The lowest BCUT2D eigenvalue weighted by atomic mass is 10.3. The van der Waals surface area contributed by atoms with E-state index in [0.29, 0.717) is 6.04 Å². The molecule has 1 saturated heterocycles. The van der Waals surface area contributed by atoms with E-state index in [4.69, 9.17) is 4.74 Å². The molecule has 1 fully saturated rings. The van der Waals surface area contributed by atoms with Gasteiger partial charge in [-0.05, 0) is 6.42 Å². The smallest absolute Gasteiger partial charge is 0.0906 e. The zero-order chi connectivity index (χ0) is 6.53. The monoisotopic (exact) mass is 128 g/mol. The van der Waals surface area contributed by atoms with Crippen molar-refractivity contribution < 1.29 is 4.74 Å². The summed E-state index contributed by atoms with van der Waals surface area (Å²) in [6, 6.07) is 0.466. The van der Waals surface area contributed by atoms with Crippen LogP contribution in [-0.4, -0.2) is 25.5 Å². The van der Waals surface area contributed by atoms with Crippen LogP contribution in [0.4, 0.5) is 0 Å². The van der Waals surface area contributed by atoms with Gasteiger partial charge in [-0.15, -0.1) is 0 Å². The fourth-order valence-corrected chi connectivity index (χ4v) is 0.560. The minimum absolute atomic E-state index is 0.466. The van der Waals surface area contributed by atoms with E-state index in [1.54, 1.807) is 0 Å². The van der Waals surface area contributed by atoms with Crippen molar-refractivity contribution in [2.24, 2.45) is 5.10 Å². The van der Waals surface area contributed by atoms with Crippen molar-refractivity contribution in [1.82, 2.24) is 5.43 Å². The summed E-state index contributed by atoms with van der Waals surface area (Å²) in [4.78, 5) is 0. The Labute approximate surface area is 55.1 Å². The number of hydrogen-bond donors (Lipinski definition) is 1. The molecule has 0 aliphatic carbocycles. The van der Waals surface area contributed by atoms with Crippen LogP contribution in [0.25, 0.3) is 0 Å². The standard InChI is InChI=1S/C6H12N2O/c1-2-3-7-8-6-4-9-5-6/h3,6,8H,2,4-5H2,1H3/b7-3-. The molecule has 0 bridgehead atoms. The van der Waals surface area contributed by atoms with Gasteiger partial charge >= 0.3 is 0 Å². The van der Waals surface area contributed by atoms with Crippen LogP contribution in [0.5, 0.6) is 0 Å². The summed E-state index contributed by atoms with van der Waals surface area (Å²) < 4.78 is 4.93. The first-order valence-corrected chi connectivity index (χ1v) is 3.28. The molecule has 0 spiro atoms. The van der Waals surface area contributed by atoms with E-state index < -0.39 is 0 Å². The number of hydrazone groups is 1. The summed E-state index contributed by atoms with van der Waals surface area (Å²) >= 11 is 0. The summed E-state index contributed by atoms with van der Waals surface area (Å²) in [5.74, 6) is 0. The minimum Gasteiger partial charge on any atom is -0.377 e. The van der Waals surface area contributed by atoms with Crippen LogP contribution in [0.3, 0.4) is 0 Å². The fraction of sp³-hybridized carbons (Fsp3) is 0.833. The molecular formula is C6H12N2O. The van der Waals surface area contributed by atoms with Gasteiger partial charge in [-0.3, -0.25) is 0 Å². The summed E-state index contributed by atoms with van der Waals surface area (Å²) in [6.07, 6.45) is 2.85. The van der Waals surface area contributed by atoms with Gasteiger partial charge < -0.3 is 10.2 Å². The Morgan fingerprint density at radius 2 is 2.56 bits per heavy atom. The van der Waals surface area contributed by atoms with Crippen LogP contribution in [0, 0.1) is 0 Å². The highest BCUT2D eigenvalue weighted by molar-refractivity contribution is 5.56. The van der Waals surface area contributed by atoms with Crippen molar-refractivity contribution in [2.45, 2.75) is 19.4 Å². The fourth-order valence-electron chi connectivity index (χ4n) is 0.560. The summed E-state index contributed by atoms with van der Waals surface area (Å²) in [5.41, 5.74) is 2.96. The lowest BCUT2D eigenvalue weighted by molar-refractivity contribution is -0.00446. The molecule has 3 nitrogen and oxygen atoms in total. The van der Waals surface area contributed by atoms with Crippen LogP contribution in [0.15, 0.2) is 5.10 Å². The molecule has 0 amide bonds. The highest BCUT2D eigenvalue weighted by Crippen LogP contribution is 1.97. The van der Waals surface area contributed by atoms with Crippen LogP contribution in [0.1, 0.15) is 13.3 Å². The van der Waals surface area contributed by atoms with Crippen molar-refractivity contribution in [2.75, 3.05) is 13.2 Å². The molecule has 9 heavy (non-hydrogen) atoms. The van der Waals surface area contributed by atoms with Gasteiger partial charge in [-0.1, -0.05) is 6.92 Å². The number of hydrogen-bond acceptors (Lipinski definition) is 3. The molecule has 0 saturated carbocycles. The van der Waals surface area contributed by atoms with Crippen LogP contribution in [0.2, 0.25) is 0 Å². The summed E-state index contributed by atoms with van der Waals surface area (Å²) in [5, 5.41) is 3.96. The quantitative estimate of drug-likeness (QED) is 0.440. The van der Waals surface area contributed by atoms with Crippen LogP contribution in [-0.2, 0) is 4.74 Å². The van der Waals surface area contributed by atoms with E-state index in [1.807, 2.05) is 6.21 Å². The maximum Gasteiger partial charge on any atom is 0.0906 e. The second kappa shape index (κ2) is 3.45. The normalized spacial score (nSPS) is 20.1. The Morgan fingerprint density at radius 3 is 3.00 bits per heavy atom. The zero-order valence-corrected chi connectivity index (χ0v) is 5.63. The molecule has 0 radical (unpaired) electrons. The maximum atomic E-state index is 4.93. The van der Waals surface area contributed by atoms with Gasteiger partial charge in [-0.2, -0.15) is 5.10 Å². The SMILES string of the molecule is CC/C=N\NC1COC1. The topological polar surface area (TPSA) is 33.6 Å². The Morgan fingerprint density at radius 1 is 1.78 bits per heavy atom. The van der Waals surface area contributed by atoms with E-state index in [2.05, 4.69) is 17.5 Å². The Kier molecular flexibility index (Phi) is 2.51. The Hall–Kier alpha value is -0.570. The van der Waals surface area contributed by atoms with Gasteiger partial charge in [0.1, 0.15) is 0 Å². The highest BCUT2D eigenvalue weighted by atomic mass is 16.5. The van der Waals surface area contributed by atoms with Gasteiger partial charge in [0.25, 0.3) is 0 Å². The van der Waals surface area contributed by atoms with Gasteiger partial charge in [0.15, 0.2) is 0 Å². The molecule has 3 heteroatoms. The number of nitrogens with zero attached hydrogens (tertiary/aromatic N) is 1. The van der Waals surface area contributed by atoms with E-state index >= 15 is 0 Å². The first-order valence-electron chi connectivity index (χ1n) is 3.28. The molecule has 52 valence electrons. The molecule has 1 heterocycles. The zero-order valence-electron chi connectivity index (χ0n) is 5.63. The second-order valence-corrected chi connectivity index (χ2v) is 2.08. The molecule has 1 rings (SSSR count). The van der Waals surface area contributed by atoms with E-state index in [0.717, 1.165) is 19.6 Å². The summed E-state index contributed by atoms with van der Waals surface area (Å²) in [6.45, 7) is 3.67. The molecule has 1 N–H and O–H groups in total. The molecule has 0 aromatic heterocycles. The minimum atomic E-state index is 0.466. The summed E-state index contributed by atoms with van der Waals surface area (Å²) in [7, 11) is 0. The van der Waals surface area contributed by atoms with Crippen molar-refractivity contribution in [1.29, 1.82) is 0 Å². The number of rotatable bonds is 3. The second-order valence-electron chi connectivity index (χ2n) is 2.08. The van der Waals surface area contributed by atoms with Crippen molar-refractivity contribution in [3.8, 4) is 0 Å². The number of ether oxygens (including phenoxy) is 1. The van der Waals surface area contributed by atoms with Crippen molar-refractivity contribution >= 4 is 6.21 Å². The molecule has 0 atom stereocenters. The van der Waals surface area contributed by atoms with Crippen LogP contribution >= 0.6 is 0 Å². The lowest BCUT2D eigenvalue weighted by Gasteiger charge is -2.24. The maximum absolute atomic E-state index is 4.93. The van der Waals surface area contributed by atoms with E-state index in [9.17, 15) is 0 Å². The van der Waals surface area contributed by atoms with Crippen molar-refractivity contribution in [3.63, 3.8) is 0 Å². The third-order valence-corrected chi connectivity index (χ3v) is 1.17. The number of nitrogens with one attached hydrogen (secondary N) is 1. The molecule has 0 aromatic rings. The Bertz CT molecular complexity index is 99.2. The van der Waals surface area contributed by atoms with E-state index in [-0.39, 0.29) is 0 Å². The Balaban J connectivity index is 1.97. The third-order valence-electron chi connectivity index (χ3n) is 1.17. The van der Waals surface area contributed by atoms with E-state index in [1.165, 1.54) is 0 Å². The first-order chi connectivity index (χ1) is 4.43. The highest BCUT2D eigenvalue weighted by Gasteiger charge is 2.15. The van der Waals surface area contributed by atoms with Crippen LogP contribution < -0.4 is 5.43 Å². The first kappa shape index (κ1) is 6.55. The molecular weight excluding hydrogens is 116 g/mol. The molecule has 0 aromatic carbocycles. The molecule has 1 aliphatic heterocycles. The average molecular weight is 128 g/mol. The third kappa shape index (κ3) is 2.01.